The van der Waals surface area contributed by atoms with Gasteiger partial charge < -0.3 is 4.74 Å². The number of sulfonamides is 1. The van der Waals surface area contributed by atoms with Crippen molar-refractivity contribution in [3.8, 4) is 0 Å². The summed E-state index contributed by atoms with van der Waals surface area (Å²) in [7, 11) is -3.57. The molecule has 1 saturated heterocycles. The second kappa shape index (κ2) is 7.44. The normalized spacial score (nSPS) is 22.1. The summed E-state index contributed by atoms with van der Waals surface area (Å²) in [4.78, 5) is 22.8. The Bertz CT molecular complexity index is 701. The minimum Gasteiger partial charge on any atom is -0.454 e. The Hall–Kier alpha value is -1.73. The number of esters is 1. The lowest BCUT2D eigenvalue weighted by molar-refractivity contribution is -0.120. The van der Waals surface area contributed by atoms with E-state index in [-0.39, 0.29) is 22.8 Å². The van der Waals surface area contributed by atoms with Crippen LogP contribution in [0.3, 0.4) is 0 Å². The molecule has 2 atom stereocenters. The number of nitrogens with zero attached hydrogens (tertiary/aromatic N) is 1. The Morgan fingerprint density at radius 3 is 2.17 bits per heavy atom. The molecule has 132 valence electrons. The second-order valence-electron chi connectivity index (χ2n) is 6.57. The van der Waals surface area contributed by atoms with Crippen LogP contribution >= 0.6 is 0 Å². The summed E-state index contributed by atoms with van der Waals surface area (Å²) in [5, 5.41) is 0. The van der Waals surface area contributed by atoms with E-state index in [1.807, 2.05) is 13.8 Å². The molecule has 0 amide bonds. The lowest BCUT2D eigenvalue weighted by Crippen LogP contribution is -2.42. The number of rotatable bonds is 5. The highest BCUT2D eigenvalue weighted by atomic mass is 32.2. The first kappa shape index (κ1) is 18.6. The predicted molar refractivity (Wildman–Crippen MR) is 89.1 cm³/mol. The van der Waals surface area contributed by atoms with Crippen LogP contribution in [0.1, 0.15) is 37.6 Å². The fourth-order valence-electron chi connectivity index (χ4n) is 2.96. The number of ketones is 1. The van der Waals surface area contributed by atoms with Crippen LogP contribution in [0, 0.1) is 11.8 Å². The molecule has 1 aromatic carbocycles. The molecule has 0 unspecified atom stereocenters. The summed E-state index contributed by atoms with van der Waals surface area (Å²) in [5.41, 5.74) is 0.218. The van der Waals surface area contributed by atoms with E-state index in [0.29, 0.717) is 24.9 Å². The molecule has 7 heteroatoms. The quantitative estimate of drug-likeness (QED) is 0.757. The maximum atomic E-state index is 12.7. The first-order valence-electron chi connectivity index (χ1n) is 7.97. The van der Waals surface area contributed by atoms with Crippen molar-refractivity contribution in [3.63, 3.8) is 0 Å². The van der Waals surface area contributed by atoms with E-state index in [9.17, 15) is 18.0 Å². The van der Waals surface area contributed by atoms with Crippen molar-refractivity contribution < 1.29 is 22.7 Å². The molecular weight excluding hydrogens is 330 g/mol. The van der Waals surface area contributed by atoms with Crippen molar-refractivity contribution in [2.75, 3.05) is 19.7 Å². The summed E-state index contributed by atoms with van der Waals surface area (Å²) in [5.74, 6) is -0.251. The van der Waals surface area contributed by atoms with E-state index in [1.165, 1.54) is 35.5 Å². The Morgan fingerprint density at radius 1 is 1.12 bits per heavy atom. The first-order chi connectivity index (χ1) is 11.2. The Kier molecular flexibility index (Phi) is 5.77. The monoisotopic (exact) mass is 353 g/mol. The van der Waals surface area contributed by atoms with Crippen molar-refractivity contribution in [1.82, 2.24) is 4.31 Å². The average molecular weight is 353 g/mol. The topological polar surface area (TPSA) is 80.8 Å². The van der Waals surface area contributed by atoms with Crippen molar-refractivity contribution in [1.29, 1.82) is 0 Å². The van der Waals surface area contributed by atoms with Crippen LogP contribution in [0.4, 0.5) is 0 Å². The molecular formula is C17H23NO5S. The second-order valence-corrected chi connectivity index (χ2v) is 8.51. The lowest BCUT2D eigenvalue weighted by atomic mass is 9.94. The molecule has 0 aromatic heterocycles. The highest BCUT2D eigenvalue weighted by Gasteiger charge is 2.31. The van der Waals surface area contributed by atoms with Gasteiger partial charge in [-0.2, -0.15) is 4.31 Å². The van der Waals surface area contributed by atoms with Gasteiger partial charge in [-0.3, -0.25) is 4.79 Å². The number of Topliss-reactive ketones (excluding diaryl/α,β-unsaturated/α-hetero) is 1. The van der Waals surface area contributed by atoms with Gasteiger partial charge in [0.1, 0.15) is 6.61 Å². The third-order valence-corrected chi connectivity index (χ3v) is 5.82. The van der Waals surface area contributed by atoms with E-state index in [0.717, 1.165) is 6.42 Å². The molecule has 0 spiro atoms. The molecule has 0 radical (unpaired) electrons. The third kappa shape index (κ3) is 4.42. The maximum absolute atomic E-state index is 12.7. The van der Waals surface area contributed by atoms with Gasteiger partial charge in [-0.25, -0.2) is 13.2 Å². The third-order valence-electron chi connectivity index (χ3n) is 3.97. The van der Waals surface area contributed by atoms with E-state index < -0.39 is 16.0 Å². The van der Waals surface area contributed by atoms with E-state index in [1.54, 1.807) is 0 Å². The van der Waals surface area contributed by atoms with Crippen LogP contribution in [0.5, 0.6) is 0 Å². The highest BCUT2D eigenvalue weighted by molar-refractivity contribution is 7.89. The summed E-state index contributed by atoms with van der Waals surface area (Å²) < 4.78 is 31.8. The standard InChI is InChI=1S/C17H23NO5S/c1-12-8-13(2)10-18(9-12)24(21,22)16-6-4-15(5-7-16)17(20)23-11-14(3)19/h4-7,12-13H,8-11H2,1-3H3/t12-,13+. The SMILES string of the molecule is CC(=O)COC(=O)c1ccc(S(=O)(=O)N2C[C@H](C)C[C@H](C)C2)cc1. The van der Waals surface area contributed by atoms with Crippen molar-refractivity contribution in [2.45, 2.75) is 32.1 Å². The van der Waals surface area contributed by atoms with Crippen molar-refractivity contribution >= 4 is 21.8 Å². The molecule has 0 bridgehead atoms. The zero-order valence-electron chi connectivity index (χ0n) is 14.2. The Morgan fingerprint density at radius 2 is 1.67 bits per heavy atom. The molecule has 2 rings (SSSR count). The largest absolute Gasteiger partial charge is 0.454 e. The summed E-state index contributed by atoms with van der Waals surface area (Å²) in [6.07, 6.45) is 1.02. The van der Waals surface area contributed by atoms with E-state index in [2.05, 4.69) is 0 Å². The minimum absolute atomic E-state index is 0.159. The van der Waals surface area contributed by atoms with Gasteiger partial charge in [-0.1, -0.05) is 13.8 Å². The average Bonchev–Trinajstić information content (AvgIpc) is 2.51. The Labute approximate surface area is 142 Å². The van der Waals surface area contributed by atoms with E-state index in [4.69, 9.17) is 4.74 Å². The van der Waals surface area contributed by atoms with E-state index >= 15 is 0 Å². The molecule has 1 aliphatic heterocycles. The Balaban J connectivity index is 2.14. The molecule has 1 aromatic rings. The zero-order chi connectivity index (χ0) is 17.9. The van der Waals surface area contributed by atoms with Gasteiger partial charge in [0, 0.05) is 13.1 Å². The van der Waals surface area contributed by atoms with Gasteiger partial charge in [-0.05, 0) is 49.4 Å². The van der Waals surface area contributed by atoms with Gasteiger partial charge in [0.25, 0.3) is 0 Å². The number of hydrogen-bond donors (Lipinski definition) is 0. The van der Waals surface area contributed by atoms with Gasteiger partial charge in [0.05, 0.1) is 10.5 Å². The number of carbonyl (C=O) groups excluding carboxylic acids is 2. The number of benzene rings is 1. The van der Waals surface area contributed by atoms with Crippen LogP contribution in [-0.4, -0.2) is 44.2 Å². The number of ether oxygens (including phenoxy) is 1. The molecule has 24 heavy (non-hydrogen) atoms. The van der Waals surface area contributed by atoms with Crippen molar-refractivity contribution in [3.05, 3.63) is 29.8 Å². The van der Waals surface area contributed by atoms with Crippen molar-refractivity contribution in [2.24, 2.45) is 11.8 Å². The fraction of sp³-hybridized carbons (Fsp3) is 0.529. The minimum atomic E-state index is -3.57. The number of hydrogen-bond acceptors (Lipinski definition) is 5. The van der Waals surface area contributed by atoms with Crippen LogP contribution in [-0.2, 0) is 19.6 Å². The maximum Gasteiger partial charge on any atom is 0.338 e. The zero-order valence-corrected chi connectivity index (χ0v) is 15.0. The van der Waals surface area contributed by atoms with Crippen LogP contribution in [0.15, 0.2) is 29.2 Å². The highest BCUT2D eigenvalue weighted by Crippen LogP contribution is 2.26. The van der Waals surface area contributed by atoms with Gasteiger partial charge in [0.2, 0.25) is 10.0 Å². The molecule has 6 nitrogen and oxygen atoms in total. The molecule has 1 aliphatic rings. The molecule has 0 saturated carbocycles. The summed E-state index contributed by atoms with van der Waals surface area (Å²) in [6, 6.07) is 5.63. The first-order valence-corrected chi connectivity index (χ1v) is 9.41. The van der Waals surface area contributed by atoms with Gasteiger partial charge in [-0.15, -0.1) is 0 Å². The van der Waals surface area contributed by atoms with Crippen LogP contribution in [0.25, 0.3) is 0 Å². The predicted octanol–water partition coefficient (Wildman–Crippen LogP) is 2.10. The summed E-state index contributed by atoms with van der Waals surface area (Å²) >= 11 is 0. The molecule has 1 fully saturated rings. The lowest BCUT2D eigenvalue weighted by Gasteiger charge is -2.34. The van der Waals surface area contributed by atoms with Gasteiger partial charge >= 0.3 is 5.97 Å². The van der Waals surface area contributed by atoms with Crippen LogP contribution < -0.4 is 0 Å². The molecule has 0 aliphatic carbocycles. The fourth-order valence-corrected chi connectivity index (χ4v) is 4.64. The molecule has 0 N–H and O–H groups in total. The van der Waals surface area contributed by atoms with Crippen LogP contribution in [0.2, 0.25) is 0 Å². The smallest absolute Gasteiger partial charge is 0.338 e. The molecule has 1 heterocycles. The van der Waals surface area contributed by atoms with Gasteiger partial charge in [0.15, 0.2) is 5.78 Å². The summed E-state index contributed by atoms with van der Waals surface area (Å²) in [6.45, 7) is 6.15. The number of piperidine rings is 1. The number of carbonyl (C=O) groups is 2.